The van der Waals surface area contributed by atoms with E-state index in [1.165, 1.54) is 6.20 Å². The maximum Gasteiger partial charge on any atom is 0.320 e. The molecule has 0 saturated carbocycles. The Hall–Kier alpha value is -1.56. The van der Waals surface area contributed by atoms with Crippen molar-refractivity contribution in [2.24, 2.45) is 5.73 Å². The normalized spacial score (nSPS) is 12.8. The lowest BCUT2D eigenvalue weighted by Gasteiger charge is -2.01. The van der Waals surface area contributed by atoms with E-state index in [2.05, 4.69) is 10.2 Å². The Balaban J connectivity index is 2.70. The van der Waals surface area contributed by atoms with Crippen molar-refractivity contribution in [3.63, 3.8) is 0 Å². The number of nitrogens with two attached hydrogens (primary N) is 1. The standard InChI is InChI=1S/C6H9N3O3/c7-4(6(11)12)1-3-2-8-9-5(3)10/h2,4H,1,7H2,(H,11,12)(H2,8,9,10)/t4-/m1/s1. The second-order valence-corrected chi connectivity index (χ2v) is 2.42. The third-order valence-electron chi connectivity index (χ3n) is 1.48. The fraction of sp³-hybridized carbons (Fsp3) is 0.333. The van der Waals surface area contributed by atoms with Gasteiger partial charge in [0.25, 0.3) is 5.56 Å². The summed E-state index contributed by atoms with van der Waals surface area (Å²) in [5.41, 5.74) is 5.24. The highest BCUT2D eigenvalue weighted by molar-refractivity contribution is 5.73. The van der Waals surface area contributed by atoms with Crippen molar-refractivity contribution in [1.82, 2.24) is 10.2 Å². The van der Waals surface area contributed by atoms with Gasteiger partial charge < -0.3 is 15.9 Å². The smallest absolute Gasteiger partial charge is 0.320 e. The molecule has 0 saturated heterocycles. The molecule has 0 amide bonds. The molecule has 6 nitrogen and oxygen atoms in total. The van der Waals surface area contributed by atoms with E-state index in [-0.39, 0.29) is 12.0 Å². The van der Waals surface area contributed by atoms with Gasteiger partial charge in [-0.05, 0) is 0 Å². The second-order valence-electron chi connectivity index (χ2n) is 2.42. The van der Waals surface area contributed by atoms with Crippen LogP contribution in [0.2, 0.25) is 0 Å². The van der Waals surface area contributed by atoms with E-state index in [0.29, 0.717) is 5.56 Å². The van der Waals surface area contributed by atoms with Crippen molar-refractivity contribution in [2.45, 2.75) is 12.5 Å². The van der Waals surface area contributed by atoms with Crippen LogP contribution < -0.4 is 11.3 Å². The van der Waals surface area contributed by atoms with Gasteiger partial charge in [0.2, 0.25) is 0 Å². The molecule has 0 fully saturated rings. The summed E-state index contributed by atoms with van der Waals surface area (Å²) in [6, 6.07) is -1.03. The topological polar surface area (TPSA) is 112 Å². The van der Waals surface area contributed by atoms with Crippen LogP contribution in [0, 0.1) is 0 Å². The number of H-pyrrole nitrogens is 2. The molecule has 1 aromatic rings. The lowest BCUT2D eigenvalue weighted by molar-refractivity contribution is -0.138. The van der Waals surface area contributed by atoms with Gasteiger partial charge in [0, 0.05) is 18.2 Å². The quantitative estimate of drug-likeness (QED) is 0.450. The largest absolute Gasteiger partial charge is 0.480 e. The number of aliphatic carboxylic acids is 1. The van der Waals surface area contributed by atoms with Gasteiger partial charge in [-0.2, -0.15) is 0 Å². The molecule has 1 rings (SSSR count). The first-order chi connectivity index (χ1) is 5.61. The molecular formula is C6H9N3O3. The summed E-state index contributed by atoms with van der Waals surface area (Å²) in [6.07, 6.45) is 1.44. The first-order valence-corrected chi connectivity index (χ1v) is 3.34. The maximum atomic E-state index is 10.8. The fourth-order valence-electron chi connectivity index (χ4n) is 0.810. The first kappa shape index (κ1) is 8.54. The third kappa shape index (κ3) is 1.73. The van der Waals surface area contributed by atoms with E-state index >= 15 is 0 Å². The average Bonchev–Trinajstić information content (AvgIpc) is 2.36. The molecular weight excluding hydrogens is 162 g/mol. The van der Waals surface area contributed by atoms with E-state index in [1.807, 2.05) is 0 Å². The summed E-state index contributed by atoms with van der Waals surface area (Å²) in [7, 11) is 0. The van der Waals surface area contributed by atoms with Crippen molar-refractivity contribution in [3.8, 4) is 0 Å². The zero-order chi connectivity index (χ0) is 9.14. The molecule has 0 aromatic carbocycles. The Morgan fingerprint density at radius 1 is 1.75 bits per heavy atom. The van der Waals surface area contributed by atoms with E-state index < -0.39 is 12.0 Å². The van der Waals surface area contributed by atoms with Gasteiger partial charge in [-0.15, -0.1) is 0 Å². The van der Waals surface area contributed by atoms with Crippen LogP contribution in [0.5, 0.6) is 0 Å². The minimum Gasteiger partial charge on any atom is -0.480 e. The summed E-state index contributed by atoms with van der Waals surface area (Å²) in [6.45, 7) is 0. The lowest BCUT2D eigenvalue weighted by Crippen LogP contribution is -2.33. The minimum atomic E-state index is -1.12. The highest BCUT2D eigenvalue weighted by atomic mass is 16.4. The number of carboxylic acids is 1. The van der Waals surface area contributed by atoms with Crippen LogP contribution in [-0.4, -0.2) is 27.3 Å². The summed E-state index contributed by atoms with van der Waals surface area (Å²) >= 11 is 0. The van der Waals surface area contributed by atoms with E-state index in [1.54, 1.807) is 0 Å². The highest BCUT2D eigenvalue weighted by Gasteiger charge is 2.14. The Labute approximate surface area is 67.4 Å². The molecule has 66 valence electrons. The Bertz CT molecular complexity index is 327. The molecule has 1 aromatic heterocycles. The molecule has 0 spiro atoms. The molecule has 12 heavy (non-hydrogen) atoms. The fourth-order valence-corrected chi connectivity index (χ4v) is 0.810. The molecule has 5 N–H and O–H groups in total. The van der Waals surface area contributed by atoms with Crippen molar-refractivity contribution < 1.29 is 9.90 Å². The van der Waals surface area contributed by atoms with Crippen molar-refractivity contribution >= 4 is 5.97 Å². The summed E-state index contributed by atoms with van der Waals surface area (Å²) < 4.78 is 0. The summed E-state index contributed by atoms with van der Waals surface area (Å²) in [5, 5.41) is 13.2. The zero-order valence-electron chi connectivity index (χ0n) is 6.20. The number of carboxylic acid groups (broad SMARTS) is 1. The summed E-state index contributed by atoms with van der Waals surface area (Å²) in [4.78, 5) is 21.1. The number of nitrogens with one attached hydrogen (secondary N) is 2. The van der Waals surface area contributed by atoms with Crippen LogP contribution in [0.1, 0.15) is 5.56 Å². The number of hydrogen-bond donors (Lipinski definition) is 4. The predicted molar refractivity (Wildman–Crippen MR) is 40.7 cm³/mol. The molecule has 1 heterocycles. The van der Waals surface area contributed by atoms with Gasteiger partial charge in [-0.3, -0.25) is 14.7 Å². The molecule has 0 unspecified atom stereocenters. The zero-order valence-corrected chi connectivity index (χ0v) is 6.20. The van der Waals surface area contributed by atoms with Gasteiger partial charge in [0.05, 0.1) is 0 Å². The number of hydrogen-bond acceptors (Lipinski definition) is 3. The van der Waals surface area contributed by atoms with Gasteiger partial charge in [-0.1, -0.05) is 0 Å². The Morgan fingerprint density at radius 3 is 2.83 bits per heavy atom. The van der Waals surface area contributed by atoms with Gasteiger partial charge >= 0.3 is 5.97 Å². The van der Waals surface area contributed by atoms with Crippen LogP contribution in [0.4, 0.5) is 0 Å². The number of rotatable bonds is 3. The van der Waals surface area contributed by atoms with Gasteiger partial charge in [0.1, 0.15) is 6.04 Å². The lowest BCUT2D eigenvalue weighted by atomic mass is 10.1. The van der Waals surface area contributed by atoms with Crippen molar-refractivity contribution in [1.29, 1.82) is 0 Å². The first-order valence-electron chi connectivity index (χ1n) is 3.34. The molecule has 0 aliphatic rings. The highest BCUT2D eigenvalue weighted by Crippen LogP contribution is 1.92. The second kappa shape index (κ2) is 3.22. The monoisotopic (exact) mass is 171 g/mol. The van der Waals surface area contributed by atoms with Gasteiger partial charge in [0.15, 0.2) is 0 Å². The Kier molecular flexibility index (Phi) is 2.29. The van der Waals surface area contributed by atoms with Crippen LogP contribution in [-0.2, 0) is 11.2 Å². The molecule has 0 bridgehead atoms. The molecule has 1 atom stereocenters. The van der Waals surface area contributed by atoms with Crippen LogP contribution in [0.3, 0.4) is 0 Å². The Morgan fingerprint density at radius 2 is 2.42 bits per heavy atom. The minimum absolute atomic E-state index is 0.0359. The number of aromatic amines is 2. The SMILES string of the molecule is N[C@H](Cc1c[nH][nH]c1=O)C(=O)O. The van der Waals surface area contributed by atoms with Crippen molar-refractivity contribution in [2.75, 3.05) is 0 Å². The van der Waals surface area contributed by atoms with Crippen LogP contribution in [0.25, 0.3) is 0 Å². The number of carbonyl (C=O) groups is 1. The maximum absolute atomic E-state index is 10.8. The van der Waals surface area contributed by atoms with E-state index in [9.17, 15) is 9.59 Å². The van der Waals surface area contributed by atoms with E-state index in [0.717, 1.165) is 0 Å². The average molecular weight is 171 g/mol. The van der Waals surface area contributed by atoms with Gasteiger partial charge in [-0.25, -0.2) is 0 Å². The van der Waals surface area contributed by atoms with Crippen LogP contribution >= 0.6 is 0 Å². The molecule has 0 radical (unpaired) electrons. The number of aromatic nitrogens is 2. The predicted octanol–water partition coefficient (Wildman–Crippen LogP) is -1.34. The third-order valence-corrected chi connectivity index (χ3v) is 1.48. The summed E-state index contributed by atoms with van der Waals surface area (Å²) in [5.74, 6) is -1.12. The van der Waals surface area contributed by atoms with Crippen LogP contribution in [0.15, 0.2) is 11.0 Å². The van der Waals surface area contributed by atoms with Crippen molar-refractivity contribution in [3.05, 3.63) is 22.1 Å². The molecule has 0 aliphatic heterocycles. The van der Waals surface area contributed by atoms with E-state index in [4.69, 9.17) is 10.8 Å². The molecule has 0 aliphatic carbocycles. The molecule has 6 heteroatoms.